The van der Waals surface area contributed by atoms with E-state index in [2.05, 4.69) is 10.3 Å². The van der Waals surface area contributed by atoms with Gasteiger partial charge in [0.25, 0.3) is 0 Å². The van der Waals surface area contributed by atoms with Crippen molar-refractivity contribution < 1.29 is 14.3 Å². The summed E-state index contributed by atoms with van der Waals surface area (Å²) in [5.41, 5.74) is 3.06. The molecule has 1 saturated heterocycles. The van der Waals surface area contributed by atoms with Crippen molar-refractivity contribution in [1.82, 2.24) is 20.2 Å². The van der Waals surface area contributed by atoms with Crippen molar-refractivity contribution in [2.24, 2.45) is 0 Å². The van der Waals surface area contributed by atoms with Crippen molar-refractivity contribution in [3.8, 4) is 17.1 Å². The number of H-pyrrole nitrogens is 1. The summed E-state index contributed by atoms with van der Waals surface area (Å²) in [7, 11) is 1.65. The number of morpholine rings is 1. The van der Waals surface area contributed by atoms with Gasteiger partial charge in [0.05, 0.1) is 38.3 Å². The van der Waals surface area contributed by atoms with Gasteiger partial charge in [-0.15, -0.1) is 0 Å². The molecular formula is C19H24N4O3. The molecule has 1 atom stereocenters. The van der Waals surface area contributed by atoms with Crippen LogP contribution in [-0.2, 0) is 22.5 Å². The number of nitrogens with zero attached hydrogens (tertiary/aromatic N) is 2. The zero-order valence-corrected chi connectivity index (χ0v) is 15.0. The second-order valence-electron chi connectivity index (χ2n) is 6.74. The maximum Gasteiger partial charge on any atom is 0.224 e. The first-order valence-electron chi connectivity index (χ1n) is 9.04. The van der Waals surface area contributed by atoms with E-state index in [9.17, 15) is 4.79 Å². The summed E-state index contributed by atoms with van der Waals surface area (Å²) in [6.45, 7) is 3.43. The Labute approximate surface area is 152 Å². The molecule has 1 aromatic heterocycles. The van der Waals surface area contributed by atoms with Gasteiger partial charge in [-0.3, -0.25) is 4.79 Å². The molecule has 3 heterocycles. The zero-order chi connectivity index (χ0) is 17.9. The number of carbonyl (C=O) groups is 1. The number of carbonyl (C=O) groups excluding carboxylic acids is 1. The second-order valence-corrected chi connectivity index (χ2v) is 6.74. The van der Waals surface area contributed by atoms with Crippen LogP contribution in [-0.4, -0.2) is 60.2 Å². The number of amides is 1. The van der Waals surface area contributed by atoms with Gasteiger partial charge in [0.2, 0.25) is 5.91 Å². The SMILES string of the molecule is COc1cccc(-c2nc3c([nH]2)CN(C(=O)CC2COCCN2)CC3)c1. The molecule has 7 nitrogen and oxygen atoms in total. The molecule has 1 amide bonds. The van der Waals surface area contributed by atoms with Crippen LogP contribution in [0.4, 0.5) is 0 Å². The van der Waals surface area contributed by atoms with Gasteiger partial charge in [-0.2, -0.15) is 0 Å². The Bertz CT molecular complexity index is 783. The molecule has 2 aromatic rings. The smallest absolute Gasteiger partial charge is 0.224 e. The highest BCUT2D eigenvalue weighted by atomic mass is 16.5. The Kier molecular flexibility index (Phi) is 4.90. The maximum absolute atomic E-state index is 12.6. The van der Waals surface area contributed by atoms with Crippen LogP contribution in [0.1, 0.15) is 17.8 Å². The highest BCUT2D eigenvalue weighted by Crippen LogP contribution is 2.25. The van der Waals surface area contributed by atoms with Gasteiger partial charge >= 0.3 is 0 Å². The lowest BCUT2D eigenvalue weighted by Gasteiger charge is -2.29. The molecular weight excluding hydrogens is 332 g/mol. The molecule has 0 saturated carbocycles. The van der Waals surface area contributed by atoms with Crippen LogP contribution in [0.5, 0.6) is 5.75 Å². The van der Waals surface area contributed by atoms with Crippen molar-refractivity contribution in [2.75, 3.05) is 33.4 Å². The van der Waals surface area contributed by atoms with E-state index in [1.165, 1.54) is 0 Å². The fourth-order valence-corrected chi connectivity index (χ4v) is 3.50. The molecule has 0 radical (unpaired) electrons. The Morgan fingerprint density at radius 3 is 3.19 bits per heavy atom. The number of nitrogens with one attached hydrogen (secondary N) is 2. The molecule has 4 rings (SSSR count). The number of fused-ring (bicyclic) bond motifs is 1. The maximum atomic E-state index is 12.6. The van der Waals surface area contributed by atoms with Crippen LogP contribution in [0.2, 0.25) is 0 Å². The number of aromatic amines is 1. The van der Waals surface area contributed by atoms with Crippen LogP contribution in [0.15, 0.2) is 24.3 Å². The van der Waals surface area contributed by atoms with Gasteiger partial charge in [0.1, 0.15) is 11.6 Å². The molecule has 2 aliphatic rings. The van der Waals surface area contributed by atoms with E-state index in [1.54, 1.807) is 7.11 Å². The largest absolute Gasteiger partial charge is 0.497 e. The molecule has 7 heteroatoms. The average Bonchev–Trinajstić information content (AvgIpc) is 3.12. The Hall–Kier alpha value is -2.38. The lowest BCUT2D eigenvalue weighted by atomic mass is 10.1. The summed E-state index contributed by atoms with van der Waals surface area (Å²) in [6, 6.07) is 7.94. The molecule has 1 unspecified atom stereocenters. The highest BCUT2D eigenvalue weighted by Gasteiger charge is 2.26. The summed E-state index contributed by atoms with van der Waals surface area (Å²) in [5, 5.41) is 3.34. The number of aromatic nitrogens is 2. The number of ether oxygens (including phenoxy) is 2. The second kappa shape index (κ2) is 7.47. The van der Waals surface area contributed by atoms with Crippen LogP contribution in [0.25, 0.3) is 11.4 Å². The lowest BCUT2D eigenvalue weighted by molar-refractivity contribution is -0.133. The summed E-state index contributed by atoms with van der Waals surface area (Å²) in [4.78, 5) is 22.6. The third kappa shape index (κ3) is 3.59. The van der Waals surface area contributed by atoms with Crippen molar-refractivity contribution in [1.29, 1.82) is 0 Å². The molecule has 1 fully saturated rings. The predicted molar refractivity (Wildman–Crippen MR) is 96.9 cm³/mol. The third-order valence-corrected chi connectivity index (χ3v) is 4.95. The lowest BCUT2D eigenvalue weighted by Crippen LogP contribution is -2.46. The van der Waals surface area contributed by atoms with Gasteiger partial charge in [-0.1, -0.05) is 12.1 Å². The van der Waals surface area contributed by atoms with E-state index in [0.29, 0.717) is 26.1 Å². The number of rotatable bonds is 4. The summed E-state index contributed by atoms with van der Waals surface area (Å²) >= 11 is 0. The highest BCUT2D eigenvalue weighted by molar-refractivity contribution is 5.77. The topological polar surface area (TPSA) is 79.5 Å². The number of imidazole rings is 1. The minimum atomic E-state index is 0.117. The first kappa shape index (κ1) is 17.1. The summed E-state index contributed by atoms with van der Waals surface area (Å²) in [6.07, 6.45) is 1.25. The van der Waals surface area contributed by atoms with Gasteiger partial charge in [0, 0.05) is 37.5 Å². The number of hydrogen-bond acceptors (Lipinski definition) is 5. The van der Waals surface area contributed by atoms with Crippen LogP contribution < -0.4 is 10.1 Å². The molecule has 138 valence electrons. The van der Waals surface area contributed by atoms with Gasteiger partial charge in [-0.05, 0) is 12.1 Å². The Morgan fingerprint density at radius 1 is 1.46 bits per heavy atom. The quantitative estimate of drug-likeness (QED) is 0.864. The minimum Gasteiger partial charge on any atom is -0.497 e. The summed E-state index contributed by atoms with van der Waals surface area (Å²) in [5.74, 6) is 1.79. The monoisotopic (exact) mass is 356 g/mol. The van der Waals surface area contributed by atoms with E-state index < -0.39 is 0 Å². The van der Waals surface area contributed by atoms with Gasteiger partial charge in [-0.25, -0.2) is 4.98 Å². The fraction of sp³-hybridized carbons (Fsp3) is 0.474. The van der Waals surface area contributed by atoms with E-state index in [-0.39, 0.29) is 11.9 Å². The van der Waals surface area contributed by atoms with E-state index in [1.807, 2.05) is 29.2 Å². The van der Waals surface area contributed by atoms with Crippen molar-refractivity contribution in [3.63, 3.8) is 0 Å². The van der Waals surface area contributed by atoms with Crippen molar-refractivity contribution >= 4 is 5.91 Å². The average molecular weight is 356 g/mol. The minimum absolute atomic E-state index is 0.117. The van der Waals surface area contributed by atoms with E-state index in [4.69, 9.17) is 14.5 Å². The molecule has 26 heavy (non-hydrogen) atoms. The first-order chi connectivity index (χ1) is 12.7. The zero-order valence-electron chi connectivity index (χ0n) is 15.0. The van der Waals surface area contributed by atoms with Crippen molar-refractivity contribution in [2.45, 2.75) is 25.4 Å². The fourth-order valence-electron chi connectivity index (χ4n) is 3.50. The van der Waals surface area contributed by atoms with Gasteiger partial charge in [0.15, 0.2) is 0 Å². The first-order valence-corrected chi connectivity index (χ1v) is 9.04. The van der Waals surface area contributed by atoms with E-state index in [0.717, 1.165) is 48.1 Å². The summed E-state index contributed by atoms with van der Waals surface area (Å²) < 4.78 is 10.7. The molecule has 0 spiro atoms. The number of hydrogen-bond donors (Lipinski definition) is 2. The van der Waals surface area contributed by atoms with E-state index >= 15 is 0 Å². The molecule has 0 bridgehead atoms. The van der Waals surface area contributed by atoms with Crippen LogP contribution >= 0.6 is 0 Å². The normalized spacial score (nSPS) is 19.9. The molecule has 2 aliphatic heterocycles. The molecule has 0 aliphatic carbocycles. The Balaban J connectivity index is 1.45. The number of benzene rings is 1. The standard InChI is InChI=1S/C19H24N4O3/c1-25-15-4-2-3-13(9-15)19-21-16-5-7-23(11-17(16)22-19)18(24)10-14-12-26-8-6-20-14/h2-4,9,14,20H,5-8,10-12H2,1H3,(H,21,22). The number of methoxy groups -OCH3 is 1. The molecule has 1 aromatic carbocycles. The van der Waals surface area contributed by atoms with Crippen LogP contribution in [0.3, 0.4) is 0 Å². The third-order valence-electron chi connectivity index (χ3n) is 4.95. The van der Waals surface area contributed by atoms with Crippen molar-refractivity contribution in [3.05, 3.63) is 35.7 Å². The predicted octanol–water partition coefficient (Wildman–Crippen LogP) is 1.35. The van der Waals surface area contributed by atoms with Gasteiger partial charge < -0.3 is 24.7 Å². The molecule has 2 N–H and O–H groups in total. The Morgan fingerprint density at radius 2 is 2.38 bits per heavy atom. The van der Waals surface area contributed by atoms with Crippen LogP contribution in [0, 0.1) is 0 Å².